The SMILES string of the molecule is Cc1cc(N)ccc1Nc1ccc(I)cc1Br. The summed E-state index contributed by atoms with van der Waals surface area (Å²) in [5.41, 5.74) is 9.78. The number of nitrogens with two attached hydrogens (primary N) is 1. The maximum absolute atomic E-state index is 5.73. The van der Waals surface area contributed by atoms with Crippen molar-refractivity contribution in [3.05, 3.63) is 50.0 Å². The van der Waals surface area contributed by atoms with E-state index in [1.54, 1.807) is 0 Å². The number of nitrogen functional groups attached to an aromatic ring is 1. The van der Waals surface area contributed by atoms with Crippen molar-refractivity contribution in [2.45, 2.75) is 6.92 Å². The number of anilines is 3. The predicted octanol–water partition coefficient (Wildman–Crippen LogP) is 4.69. The number of hydrogen-bond acceptors (Lipinski definition) is 2. The minimum atomic E-state index is 0.787. The minimum absolute atomic E-state index is 0.787. The third kappa shape index (κ3) is 3.13. The van der Waals surface area contributed by atoms with Gasteiger partial charge in [-0.1, -0.05) is 0 Å². The number of halogens is 2. The van der Waals surface area contributed by atoms with Gasteiger partial charge in [0.25, 0.3) is 0 Å². The summed E-state index contributed by atoms with van der Waals surface area (Å²) in [7, 11) is 0. The average molecular weight is 403 g/mol. The van der Waals surface area contributed by atoms with Gasteiger partial charge >= 0.3 is 0 Å². The maximum atomic E-state index is 5.73. The molecule has 0 bridgehead atoms. The van der Waals surface area contributed by atoms with E-state index in [4.69, 9.17) is 5.73 Å². The topological polar surface area (TPSA) is 38.0 Å². The third-order valence-corrected chi connectivity index (χ3v) is 3.78. The fourth-order valence-electron chi connectivity index (χ4n) is 1.56. The second-order valence-corrected chi connectivity index (χ2v) is 5.92. The molecule has 17 heavy (non-hydrogen) atoms. The molecule has 0 heterocycles. The zero-order valence-electron chi connectivity index (χ0n) is 9.30. The van der Waals surface area contributed by atoms with Gasteiger partial charge in [0, 0.05) is 19.4 Å². The molecule has 4 heteroatoms. The monoisotopic (exact) mass is 402 g/mol. The van der Waals surface area contributed by atoms with E-state index < -0.39 is 0 Å². The highest BCUT2D eigenvalue weighted by Crippen LogP contribution is 2.29. The first kappa shape index (κ1) is 12.7. The highest BCUT2D eigenvalue weighted by molar-refractivity contribution is 14.1. The van der Waals surface area contributed by atoms with Crippen LogP contribution in [0.5, 0.6) is 0 Å². The van der Waals surface area contributed by atoms with Crippen LogP contribution in [0.3, 0.4) is 0 Å². The Hall–Kier alpha value is -0.750. The van der Waals surface area contributed by atoms with Gasteiger partial charge in [-0.05, 0) is 87.4 Å². The lowest BCUT2D eigenvalue weighted by Crippen LogP contribution is -1.95. The molecule has 0 spiro atoms. The summed E-state index contributed by atoms with van der Waals surface area (Å²) in [5.74, 6) is 0. The molecule has 3 N–H and O–H groups in total. The van der Waals surface area contributed by atoms with Gasteiger partial charge in [-0.25, -0.2) is 0 Å². The van der Waals surface area contributed by atoms with E-state index in [1.165, 1.54) is 3.57 Å². The Morgan fingerprint density at radius 1 is 1.12 bits per heavy atom. The summed E-state index contributed by atoms with van der Waals surface area (Å²) in [6.45, 7) is 2.04. The molecule has 0 amide bonds. The van der Waals surface area contributed by atoms with Gasteiger partial charge in [0.05, 0.1) is 5.69 Å². The Morgan fingerprint density at radius 2 is 1.82 bits per heavy atom. The van der Waals surface area contributed by atoms with Crippen LogP contribution in [-0.4, -0.2) is 0 Å². The first-order valence-corrected chi connectivity index (χ1v) is 7.01. The molecule has 0 aliphatic rings. The van der Waals surface area contributed by atoms with Gasteiger partial charge in [0.15, 0.2) is 0 Å². The standard InChI is InChI=1S/C13H12BrIN2/c1-8-6-10(16)3-5-12(8)17-13-4-2-9(15)7-11(13)14/h2-7,17H,16H2,1H3. The highest BCUT2D eigenvalue weighted by Gasteiger charge is 2.03. The smallest absolute Gasteiger partial charge is 0.0529 e. The molecular weight excluding hydrogens is 391 g/mol. The van der Waals surface area contributed by atoms with E-state index in [2.05, 4.69) is 62.0 Å². The van der Waals surface area contributed by atoms with Crippen molar-refractivity contribution in [3.63, 3.8) is 0 Å². The summed E-state index contributed by atoms with van der Waals surface area (Å²) < 4.78 is 2.26. The van der Waals surface area contributed by atoms with E-state index in [1.807, 2.05) is 25.1 Å². The van der Waals surface area contributed by atoms with Crippen molar-refractivity contribution in [2.24, 2.45) is 0 Å². The van der Waals surface area contributed by atoms with E-state index in [-0.39, 0.29) is 0 Å². The predicted molar refractivity (Wildman–Crippen MR) is 85.7 cm³/mol. The van der Waals surface area contributed by atoms with Crippen molar-refractivity contribution in [1.82, 2.24) is 0 Å². The van der Waals surface area contributed by atoms with Gasteiger partial charge in [-0.3, -0.25) is 0 Å². The number of aryl methyl sites for hydroxylation is 1. The fraction of sp³-hybridized carbons (Fsp3) is 0.0769. The van der Waals surface area contributed by atoms with Crippen LogP contribution in [0.15, 0.2) is 40.9 Å². The van der Waals surface area contributed by atoms with Crippen LogP contribution in [0, 0.1) is 10.5 Å². The van der Waals surface area contributed by atoms with Crippen molar-refractivity contribution < 1.29 is 0 Å². The molecule has 0 radical (unpaired) electrons. The van der Waals surface area contributed by atoms with Crippen LogP contribution in [0.1, 0.15) is 5.56 Å². The summed E-state index contributed by atoms with van der Waals surface area (Å²) in [6, 6.07) is 12.1. The lowest BCUT2D eigenvalue weighted by Gasteiger charge is -2.12. The van der Waals surface area contributed by atoms with Gasteiger partial charge < -0.3 is 11.1 Å². The molecule has 2 nitrogen and oxygen atoms in total. The fourth-order valence-corrected chi connectivity index (χ4v) is 2.96. The second kappa shape index (κ2) is 5.27. The summed E-state index contributed by atoms with van der Waals surface area (Å²) in [6.07, 6.45) is 0. The van der Waals surface area contributed by atoms with Crippen LogP contribution in [-0.2, 0) is 0 Å². The Labute approximate surface area is 123 Å². The number of benzene rings is 2. The van der Waals surface area contributed by atoms with Crippen molar-refractivity contribution in [2.75, 3.05) is 11.1 Å². The summed E-state index contributed by atoms with van der Waals surface area (Å²) in [4.78, 5) is 0. The van der Waals surface area contributed by atoms with Crippen molar-refractivity contribution >= 4 is 55.6 Å². The molecular formula is C13H12BrIN2. The maximum Gasteiger partial charge on any atom is 0.0529 e. The summed E-state index contributed by atoms with van der Waals surface area (Å²) in [5, 5.41) is 3.39. The molecule has 2 aromatic rings. The van der Waals surface area contributed by atoms with Gasteiger partial charge in [0.1, 0.15) is 0 Å². The van der Waals surface area contributed by atoms with Crippen LogP contribution in [0.25, 0.3) is 0 Å². The molecule has 0 saturated carbocycles. The second-order valence-electron chi connectivity index (χ2n) is 3.82. The molecule has 0 atom stereocenters. The number of hydrogen-bond donors (Lipinski definition) is 2. The van der Waals surface area contributed by atoms with Crippen molar-refractivity contribution in [1.29, 1.82) is 0 Å². The van der Waals surface area contributed by atoms with Crippen LogP contribution < -0.4 is 11.1 Å². The highest BCUT2D eigenvalue weighted by atomic mass is 127. The quantitative estimate of drug-likeness (QED) is 0.565. The molecule has 0 aromatic heterocycles. The Kier molecular flexibility index (Phi) is 3.93. The van der Waals surface area contributed by atoms with Gasteiger partial charge in [-0.2, -0.15) is 0 Å². The van der Waals surface area contributed by atoms with E-state index in [9.17, 15) is 0 Å². The zero-order chi connectivity index (χ0) is 12.4. The normalized spacial score (nSPS) is 10.3. The van der Waals surface area contributed by atoms with E-state index in [0.29, 0.717) is 0 Å². The van der Waals surface area contributed by atoms with Crippen LogP contribution in [0.4, 0.5) is 17.1 Å². The van der Waals surface area contributed by atoms with Crippen molar-refractivity contribution in [3.8, 4) is 0 Å². The Morgan fingerprint density at radius 3 is 2.47 bits per heavy atom. The molecule has 2 rings (SSSR count). The molecule has 0 aliphatic carbocycles. The van der Waals surface area contributed by atoms with Gasteiger partial charge in [-0.15, -0.1) is 0 Å². The van der Waals surface area contributed by atoms with Crippen LogP contribution in [0.2, 0.25) is 0 Å². The Balaban J connectivity index is 2.31. The zero-order valence-corrected chi connectivity index (χ0v) is 13.0. The van der Waals surface area contributed by atoms with Crippen LogP contribution >= 0.6 is 38.5 Å². The molecule has 0 aliphatic heterocycles. The lowest BCUT2D eigenvalue weighted by atomic mass is 10.1. The first-order valence-electron chi connectivity index (χ1n) is 5.14. The van der Waals surface area contributed by atoms with Gasteiger partial charge in [0.2, 0.25) is 0 Å². The molecule has 2 aromatic carbocycles. The van der Waals surface area contributed by atoms with E-state index >= 15 is 0 Å². The first-order chi connectivity index (χ1) is 8.06. The number of nitrogens with one attached hydrogen (secondary N) is 1. The molecule has 0 unspecified atom stereocenters. The molecule has 0 saturated heterocycles. The Bertz CT molecular complexity index is 506. The third-order valence-electron chi connectivity index (χ3n) is 2.45. The summed E-state index contributed by atoms with van der Waals surface area (Å²) >= 11 is 5.84. The largest absolute Gasteiger partial charge is 0.399 e. The lowest BCUT2D eigenvalue weighted by molar-refractivity contribution is 1.42. The number of rotatable bonds is 2. The molecule has 88 valence electrons. The average Bonchev–Trinajstić information content (AvgIpc) is 2.25. The molecule has 0 fully saturated rings. The van der Waals surface area contributed by atoms with E-state index in [0.717, 1.165) is 27.1 Å². The minimum Gasteiger partial charge on any atom is -0.399 e.